The Hall–Kier alpha value is -3.10. The average molecular weight is 444 g/mol. The maximum absolute atomic E-state index is 13.3. The average Bonchev–Trinajstić information content (AvgIpc) is 2.77. The Kier molecular flexibility index (Phi) is 5.61. The van der Waals surface area contributed by atoms with Gasteiger partial charge in [0.15, 0.2) is 6.10 Å². The SMILES string of the molecule is O=C(NCc1cccnc1)[C@H]1CN(S(=O)(=O)c2ccc(Cl)cc2)c2ccccc2O1. The van der Waals surface area contributed by atoms with Crippen LogP contribution in [-0.2, 0) is 21.4 Å². The van der Waals surface area contributed by atoms with Crippen molar-refractivity contribution in [2.45, 2.75) is 17.5 Å². The highest BCUT2D eigenvalue weighted by Gasteiger charge is 2.37. The van der Waals surface area contributed by atoms with E-state index >= 15 is 0 Å². The Morgan fingerprint density at radius 2 is 1.90 bits per heavy atom. The highest BCUT2D eigenvalue weighted by molar-refractivity contribution is 7.92. The van der Waals surface area contributed by atoms with Crippen molar-refractivity contribution in [3.63, 3.8) is 0 Å². The summed E-state index contributed by atoms with van der Waals surface area (Å²) in [5, 5.41) is 3.21. The van der Waals surface area contributed by atoms with E-state index in [4.69, 9.17) is 16.3 Å². The Balaban J connectivity index is 1.60. The van der Waals surface area contributed by atoms with Crippen molar-refractivity contribution in [1.82, 2.24) is 10.3 Å². The minimum atomic E-state index is -3.92. The lowest BCUT2D eigenvalue weighted by atomic mass is 10.2. The Morgan fingerprint density at radius 1 is 1.13 bits per heavy atom. The lowest BCUT2D eigenvalue weighted by Gasteiger charge is -2.34. The van der Waals surface area contributed by atoms with E-state index in [2.05, 4.69) is 10.3 Å². The third-order valence-electron chi connectivity index (χ3n) is 4.62. The van der Waals surface area contributed by atoms with Crippen LogP contribution in [0.5, 0.6) is 5.75 Å². The van der Waals surface area contributed by atoms with E-state index in [0.29, 0.717) is 16.5 Å². The summed E-state index contributed by atoms with van der Waals surface area (Å²) in [6, 6.07) is 16.2. The maximum Gasteiger partial charge on any atom is 0.264 e. The molecule has 1 amide bonds. The summed E-state index contributed by atoms with van der Waals surface area (Å²) in [5.41, 5.74) is 1.21. The largest absolute Gasteiger partial charge is 0.476 e. The molecule has 154 valence electrons. The first-order valence-corrected chi connectivity index (χ1v) is 11.0. The fraction of sp³-hybridized carbons (Fsp3) is 0.143. The molecule has 0 unspecified atom stereocenters. The van der Waals surface area contributed by atoms with E-state index in [1.807, 2.05) is 6.07 Å². The third kappa shape index (κ3) is 4.10. The van der Waals surface area contributed by atoms with E-state index in [9.17, 15) is 13.2 Å². The van der Waals surface area contributed by atoms with Gasteiger partial charge in [0.05, 0.1) is 17.1 Å². The molecule has 1 N–H and O–H groups in total. The number of fused-ring (bicyclic) bond motifs is 1. The molecule has 2 aromatic carbocycles. The van der Waals surface area contributed by atoms with Crippen LogP contribution in [0.15, 0.2) is 78.0 Å². The molecule has 4 rings (SSSR count). The molecule has 0 saturated carbocycles. The number of amides is 1. The number of nitrogens with one attached hydrogen (secondary N) is 1. The number of pyridine rings is 1. The zero-order chi connectivity index (χ0) is 21.1. The number of aromatic nitrogens is 1. The van der Waals surface area contributed by atoms with Gasteiger partial charge in [0.25, 0.3) is 15.9 Å². The summed E-state index contributed by atoms with van der Waals surface area (Å²) < 4.78 is 33.6. The number of anilines is 1. The number of halogens is 1. The van der Waals surface area contributed by atoms with Crippen molar-refractivity contribution in [2.24, 2.45) is 0 Å². The molecule has 1 aliphatic rings. The van der Waals surface area contributed by atoms with Crippen molar-refractivity contribution in [3.05, 3.63) is 83.6 Å². The second kappa shape index (κ2) is 8.33. The Morgan fingerprint density at radius 3 is 2.63 bits per heavy atom. The molecule has 2 heterocycles. The normalized spacial score (nSPS) is 15.8. The predicted molar refractivity (Wildman–Crippen MR) is 113 cm³/mol. The fourth-order valence-corrected chi connectivity index (χ4v) is 4.71. The number of benzene rings is 2. The van der Waals surface area contributed by atoms with Crippen LogP contribution in [0.1, 0.15) is 5.56 Å². The van der Waals surface area contributed by atoms with Gasteiger partial charge in [0, 0.05) is 24.0 Å². The number of hydrogen-bond donors (Lipinski definition) is 1. The van der Waals surface area contributed by atoms with Gasteiger partial charge in [-0.1, -0.05) is 29.8 Å². The van der Waals surface area contributed by atoms with Crippen molar-refractivity contribution in [3.8, 4) is 5.75 Å². The minimum absolute atomic E-state index is 0.0816. The van der Waals surface area contributed by atoms with E-state index in [1.165, 1.54) is 28.6 Å². The van der Waals surface area contributed by atoms with Crippen LogP contribution >= 0.6 is 11.6 Å². The second-order valence-corrected chi connectivity index (χ2v) is 8.94. The summed E-state index contributed by atoms with van der Waals surface area (Å²) in [7, 11) is -3.92. The molecular formula is C21H18ClN3O4S. The summed E-state index contributed by atoms with van der Waals surface area (Å²) in [6.45, 7) is 0.110. The van der Waals surface area contributed by atoms with Crippen LogP contribution in [0.25, 0.3) is 0 Å². The molecule has 0 aliphatic carbocycles. The quantitative estimate of drug-likeness (QED) is 0.654. The maximum atomic E-state index is 13.3. The van der Waals surface area contributed by atoms with Crippen molar-refractivity contribution in [2.75, 3.05) is 10.8 Å². The Bertz CT molecular complexity index is 1150. The number of carbonyl (C=O) groups is 1. The molecule has 30 heavy (non-hydrogen) atoms. The standard InChI is InChI=1S/C21H18ClN3O4S/c22-16-7-9-17(10-8-16)30(27,28)25-14-20(29-19-6-2-1-5-18(19)25)21(26)24-13-15-4-3-11-23-12-15/h1-12,20H,13-14H2,(H,24,26)/t20-/m1/s1. The second-order valence-electron chi connectivity index (χ2n) is 6.64. The highest BCUT2D eigenvalue weighted by Crippen LogP contribution is 2.36. The first-order valence-electron chi connectivity index (χ1n) is 9.16. The smallest absolute Gasteiger partial charge is 0.264 e. The van der Waals surface area contributed by atoms with Gasteiger partial charge >= 0.3 is 0 Å². The van der Waals surface area contributed by atoms with Crippen LogP contribution < -0.4 is 14.4 Å². The topological polar surface area (TPSA) is 88.6 Å². The van der Waals surface area contributed by atoms with Crippen LogP contribution in [-0.4, -0.2) is 32.0 Å². The first kappa shape index (κ1) is 20.2. The van der Waals surface area contributed by atoms with E-state index in [-0.39, 0.29) is 18.0 Å². The van der Waals surface area contributed by atoms with Gasteiger partial charge < -0.3 is 10.1 Å². The predicted octanol–water partition coefficient (Wildman–Crippen LogP) is 3.01. The molecule has 9 heteroatoms. The lowest BCUT2D eigenvalue weighted by Crippen LogP contribution is -2.50. The summed E-state index contributed by atoms with van der Waals surface area (Å²) in [5.74, 6) is -0.0903. The number of ether oxygens (including phenoxy) is 1. The van der Waals surface area contributed by atoms with Crippen molar-refractivity contribution in [1.29, 1.82) is 0 Å². The minimum Gasteiger partial charge on any atom is -0.476 e. The third-order valence-corrected chi connectivity index (χ3v) is 6.66. The number of carbonyl (C=O) groups excluding carboxylic acids is 1. The molecule has 0 fully saturated rings. The van der Waals surface area contributed by atoms with Crippen molar-refractivity contribution >= 4 is 33.2 Å². The molecule has 0 saturated heterocycles. The number of sulfonamides is 1. The number of hydrogen-bond acceptors (Lipinski definition) is 5. The van der Waals surface area contributed by atoms with Gasteiger partial charge in [-0.2, -0.15) is 0 Å². The molecule has 3 aromatic rings. The number of nitrogens with zero attached hydrogens (tertiary/aromatic N) is 2. The molecule has 1 aliphatic heterocycles. The molecule has 1 aromatic heterocycles. The number of para-hydroxylation sites is 2. The van der Waals surface area contributed by atoms with E-state index < -0.39 is 22.0 Å². The van der Waals surface area contributed by atoms with Crippen LogP contribution in [0, 0.1) is 0 Å². The van der Waals surface area contributed by atoms with Gasteiger partial charge in [0.2, 0.25) is 0 Å². The zero-order valence-corrected chi connectivity index (χ0v) is 17.3. The van der Waals surface area contributed by atoms with Crippen LogP contribution in [0.3, 0.4) is 0 Å². The summed E-state index contributed by atoms with van der Waals surface area (Å²) in [4.78, 5) is 16.8. The van der Waals surface area contributed by atoms with Crippen LogP contribution in [0.4, 0.5) is 5.69 Å². The molecule has 7 nitrogen and oxygen atoms in total. The highest BCUT2D eigenvalue weighted by atomic mass is 35.5. The zero-order valence-electron chi connectivity index (χ0n) is 15.7. The fourth-order valence-electron chi connectivity index (χ4n) is 3.11. The summed E-state index contributed by atoms with van der Waals surface area (Å²) in [6.07, 6.45) is 2.29. The van der Waals surface area contributed by atoms with Gasteiger partial charge in [-0.3, -0.25) is 14.1 Å². The molecule has 0 radical (unpaired) electrons. The summed E-state index contributed by atoms with van der Waals surface area (Å²) >= 11 is 5.89. The van der Waals surface area contributed by atoms with Gasteiger partial charge in [-0.25, -0.2) is 8.42 Å². The first-order chi connectivity index (χ1) is 14.4. The monoisotopic (exact) mass is 443 g/mol. The lowest BCUT2D eigenvalue weighted by molar-refractivity contribution is -0.127. The van der Waals surface area contributed by atoms with E-state index in [0.717, 1.165) is 5.56 Å². The Labute approximate surface area is 179 Å². The van der Waals surface area contributed by atoms with Crippen molar-refractivity contribution < 1.29 is 17.9 Å². The van der Waals surface area contributed by atoms with Gasteiger partial charge in [0.1, 0.15) is 5.75 Å². The van der Waals surface area contributed by atoms with Gasteiger partial charge in [-0.05, 0) is 48.0 Å². The molecule has 0 spiro atoms. The van der Waals surface area contributed by atoms with Gasteiger partial charge in [-0.15, -0.1) is 0 Å². The van der Waals surface area contributed by atoms with E-state index in [1.54, 1.807) is 42.7 Å². The molecule has 1 atom stereocenters. The van der Waals surface area contributed by atoms with Crippen LogP contribution in [0.2, 0.25) is 5.02 Å². The molecular weight excluding hydrogens is 426 g/mol. The number of rotatable bonds is 5. The molecule has 0 bridgehead atoms.